The summed E-state index contributed by atoms with van der Waals surface area (Å²) in [7, 11) is 0. The Bertz CT molecular complexity index is 7490. The zero-order valence-corrected chi connectivity index (χ0v) is 70.7. The second-order valence-electron chi connectivity index (χ2n) is 32.0. The summed E-state index contributed by atoms with van der Waals surface area (Å²) < 4.78 is 0. The van der Waals surface area contributed by atoms with Gasteiger partial charge in [0.2, 0.25) is 0 Å². The molecule has 2 heterocycles. The molecule has 0 radical (unpaired) electrons. The van der Waals surface area contributed by atoms with Crippen LogP contribution in [0.5, 0.6) is 0 Å². The number of hydrogen-bond acceptors (Lipinski definition) is 4. The first-order valence-electron chi connectivity index (χ1n) is 43.1. The lowest BCUT2D eigenvalue weighted by atomic mass is 9.84. The molecule has 0 unspecified atom stereocenters. The molecule has 0 saturated carbocycles. The summed E-state index contributed by atoms with van der Waals surface area (Å²) in [6.07, 6.45) is 0. The lowest BCUT2D eigenvalue weighted by Crippen LogP contribution is -2.10. The van der Waals surface area contributed by atoms with Crippen molar-refractivity contribution in [3.8, 4) is 120 Å². The summed E-state index contributed by atoms with van der Waals surface area (Å²) in [5.74, 6) is 0. The number of anilines is 6. The number of para-hydroxylation sites is 4. The van der Waals surface area contributed by atoms with Crippen LogP contribution in [0.3, 0.4) is 0 Å². The van der Waals surface area contributed by atoms with Gasteiger partial charge in [-0.1, -0.05) is 382 Å². The minimum Gasteiger partial charge on any atom is -0.310 e. The van der Waals surface area contributed by atoms with Crippen LogP contribution in [0.25, 0.3) is 184 Å². The maximum Gasteiger partial charge on any atom is 0.0468 e. The van der Waals surface area contributed by atoms with E-state index in [0.29, 0.717) is 0 Å². The molecule has 23 aromatic rings. The maximum atomic E-state index is 2.43. The van der Waals surface area contributed by atoms with Gasteiger partial charge in [-0.15, -0.1) is 22.7 Å². The van der Waals surface area contributed by atoms with Crippen LogP contribution < -0.4 is 9.80 Å². The van der Waals surface area contributed by atoms with Gasteiger partial charge in [0, 0.05) is 53.6 Å². The third kappa shape index (κ3) is 14.6. The lowest BCUT2D eigenvalue weighted by Gasteiger charge is -2.28. The molecule has 4 heteroatoms. The SMILES string of the molecule is c1ccc(-c2c3ccccc3c(-c3ccc(-c4ccc5c(-c6ccccc6)c6ccccc6c(-c6ccccc6)c5c4)cc3)c3ccccc23)cc1.c1ccc(-c2ccc(-c3cccc(-c4c5ccc(N(c6ccccc6)c6ccccc6)cc5c(-c5cccc(-c6ccc(-c7ccccc7)s6)c5)c5ccc(N(c6ccccc6)c6ccccc6)cc45)c3)s2)cc1. The van der Waals surface area contributed by atoms with Crippen molar-refractivity contribution in [2.24, 2.45) is 0 Å². The van der Waals surface area contributed by atoms with E-state index in [9.17, 15) is 0 Å². The van der Waals surface area contributed by atoms with Gasteiger partial charge >= 0.3 is 0 Å². The largest absolute Gasteiger partial charge is 0.310 e. The molecule has 0 amide bonds. The average molecular weight is 1640 g/mol. The molecule has 592 valence electrons. The fourth-order valence-electron chi connectivity index (χ4n) is 18.8. The number of thiophene rings is 2. The van der Waals surface area contributed by atoms with Gasteiger partial charge in [0.25, 0.3) is 0 Å². The van der Waals surface area contributed by atoms with E-state index in [2.05, 4.69) is 507 Å². The van der Waals surface area contributed by atoms with E-state index in [1.807, 2.05) is 22.7 Å². The highest BCUT2D eigenvalue weighted by molar-refractivity contribution is 7.19. The van der Waals surface area contributed by atoms with Gasteiger partial charge in [-0.05, 0) is 280 Å². The molecule has 0 fully saturated rings. The Hall–Kier alpha value is -15.8. The van der Waals surface area contributed by atoms with E-state index in [-0.39, 0.29) is 0 Å². The summed E-state index contributed by atoms with van der Waals surface area (Å²) >= 11 is 3.68. The minimum absolute atomic E-state index is 1.08. The Morgan fingerprint density at radius 1 is 0.111 bits per heavy atom. The van der Waals surface area contributed by atoms with Crippen LogP contribution in [0.15, 0.2) is 497 Å². The van der Waals surface area contributed by atoms with E-state index in [1.165, 1.54) is 184 Å². The minimum atomic E-state index is 1.08. The lowest BCUT2D eigenvalue weighted by molar-refractivity contribution is 1.29. The predicted octanol–water partition coefficient (Wildman–Crippen LogP) is 35.7. The molecule has 0 saturated heterocycles. The molecule has 2 nitrogen and oxygen atoms in total. The van der Waals surface area contributed by atoms with Crippen molar-refractivity contribution in [3.05, 3.63) is 497 Å². The zero-order valence-electron chi connectivity index (χ0n) is 69.1. The number of nitrogens with zero attached hydrogens (tertiary/aromatic N) is 2. The highest BCUT2D eigenvalue weighted by Crippen LogP contribution is 2.53. The van der Waals surface area contributed by atoms with Crippen molar-refractivity contribution in [3.63, 3.8) is 0 Å². The topological polar surface area (TPSA) is 6.48 Å². The summed E-state index contributed by atoms with van der Waals surface area (Å²) in [4.78, 5) is 9.74. The van der Waals surface area contributed by atoms with Gasteiger partial charge in [0.05, 0.1) is 0 Å². The van der Waals surface area contributed by atoms with Gasteiger partial charge in [0.15, 0.2) is 0 Å². The van der Waals surface area contributed by atoms with E-state index >= 15 is 0 Å². The molecular weight excluding hydrogens is 1560 g/mol. The van der Waals surface area contributed by atoms with Crippen LogP contribution in [-0.4, -0.2) is 0 Å². The molecular formula is C122H82N2S2. The predicted molar refractivity (Wildman–Crippen MR) is 543 cm³/mol. The van der Waals surface area contributed by atoms with E-state index in [1.54, 1.807) is 0 Å². The van der Waals surface area contributed by atoms with Crippen LogP contribution in [0.4, 0.5) is 34.1 Å². The molecule has 0 aliphatic carbocycles. The van der Waals surface area contributed by atoms with Crippen LogP contribution in [-0.2, 0) is 0 Å². The van der Waals surface area contributed by atoms with Gasteiger partial charge < -0.3 is 9.80 Å². The Balaban J connectivity index is 0.000000158. The van der Waals surface area contributed by atoms with Crippen LogP contribution in [0.2, 0.25) is 0 Å². The third-order valence-corrected chi connectivity index (χ3v) is 26.9. The maximum absolute atomic E-state index is 2.43. The van der Waals surface area contributed by atoms with Crippen LogP contribution in [0, 0.1) is 0 Å². The van der Waals surface area contributed by atoms with Gasteiger partial charge in [-0.3, -0.25) is 0 Å². The highest BCUT2D eigenvalue weighted by atomic mass is 32.1. The van der Waals surface area contributed by atoms with Crippen molar-refractivity contribution in [2.75, 3.05) is 9.80 Å². The normalized spacial score (nSPS) is 11.3. The first-order chi connectivity index (χ1) is 62.5. The molecule has 0 bridgehead atoms. The molecule has 23 rings (SSSR count). The number of benzene rings is 21. The Morgan fingerprint density at radius 3 is 0.651 bits per heavy atom. The molecule has 0 aliphatic heterocycles. The van der Waals surface area contributed by atoms with Crippen LogP contribution in [0.1, 0.15) is 0 Å². The summed E-state index contributed by atoms with van der Waals surface area (Å²) in [6, 6.07) is 181. The molecule has 0 aliphatic rings. The molecule has 0 N–H and O–H groups in total. The Morgan fingerprint density at radius 2 is 0.325 bits per heavy atom. The first kappa shape index (κ1) is 76.3. The van der Waals surface area contributed by atoms with Crippen molar-refractivity contribution in [2.45, 2.75) is 0 Å². The second kappa shape index (κ2) is 33.9. The van der Waals surface area contributed by atoms with Crippen molar-refractivity contribution in [1.29, 1.82) is 0 Å². The standard InChI is InChI=1S/C70H48N2S2.C52H34/c1-7-21-49(22-8-1)65-41-43-67(73-65)51-25-19-27-53(45-51)69-61-39-37-60(72(57-33-15-5-16-34-57)58-35-17-6-18-36-58)48-64(61)70(54-28-20-26-52(46-54)68-44-42-66(74-68)50-23-9-2-10-24-50)62-40-38-59(47-63(62)69)71(55-29-11-3-12-30-55)56-31-13-4-14-32-56;1-4-16-36(17-5-1)49-41-22-10-12-24-43(41)51(44-25-13-11-23-42(44)49)39-30-28-35(29-31-39)40-32-33-47-48(34-40)52(38-20-8-3-9-21-38)46-27-15-14-26-45(46)50(47)37-18-6-2-7-19-37/h1-48H;1-34H. The van der Waals surface area contributed by atoms with E-state index < -0.39 is 0 Å². The molecule has 126 heavy (non-hydrogen) atoms. The smallest absolute Gasteiger partial charge is 0.0468 e. The Kier molecular flexibility index (Phi) is 20.5. The summed E-state index contributed by atoms with van der Waals surface area (Å²) in [6.45, 7) is 0. The van der Waals surface area contributed by atoms with E-state index in [4.69, 9.17) is 0 Å². The molecule has 0 atom stereocenters. The molecule has 21 aromatic carbocycles. The fraction of sp³-hybridized carbons (Fsp3) is 0. The van der Waals surface area contributed by atoms with Gasteiger partial charge in [-0.25, -0.2) is 0 Å². The highest BCUT2D eigenvalue weighted by Gasteiger charge is 2.26. The Labute approximate surface area is 742 Å². The van der Waals surface area contributed by atoms with Crippen molar-refractivity contribution >= 4 is 121 Å². The monoisotopic (exact) mass is 1640 g/mol. The number of fused-ring (bicyclic) bond motifs is 6. The summed E-state index contributed by atoms with van der Waals surface area (Å²) in [5, 5.41) is 14.9. The van der Waals surface area contributed by atoms with Gasteiger partial charge in [0.1, 0.15) is 0 Å². The summed E-state index contributed by atoms with van der Waals surface area (Å²) in [5.41, 5.74) is 28.6. The quantitative estimate of drug-likeness (QED) is 0.0839. The molecule has 2 aromatic heterocycles. The third-order valence-electron chi connectivity index (χ3n) is 24.5. The second-order valence-corrected chi connectivity index (χ2v) is 34.2. The van der Waals surface area contributed by atoms with Crippen molar-refractivity contribution < 1.29 is 0 Å². The average Bonchev–Trinajstić information content (AvgIpc) is 0.778. The first-order valence-corrected chi connectivity index (χ1v) is 44.7. The molecule has 0 spiro atoms. The fourth-order valence-corrected chi connectivity index (χ4v) is 20.9. The van der Waals surface area contributed by atoms with Gasteiger partial charge in [-0.2, -0.15) is 0 Å². The van der Waals surface area contributed by atoms with Crippen molar-refractivity contribution in [1.82, 2.24) is 0 Å². The number of rotatable bonds is 17. The van der Waals surface area contributed by atoms with E-state index in [0.717, 1.165) is 34.1 Å². The van der Waals surface area contributed by atoms with Crippen LogP contribution >= 0.6 is 22.7 Å². The zero-order chi connectivity index (χ0) is 83.6. The number of hydrogen-bond donors (Lipinski definition) is 0.